The summed E-state index contributed by atoms with van der Waals surface area (Å²) < 4.78 is 0.587. The Balaban J connectivity index is 3.08. The van der Waals surface area contributed by atoms with Crippen molar-refractivity contribution in [2.45, 2.75) is 0 Å². The Labute approximate surface area is 112 Å². The number of amides is 2. The quantitative estimate of drug-likeness (QED) is 0.802. The third-order valence-electron chi connectivity index (χ3n) is 2.11. The second-order valence-corrected chi connectivity index (χ2v) is 4.42. The van der Waals surface area contributed by atoms with Crippen LogP contribution in [0.5, 0.6) is 0 Å². The van der Waals surface area contributed by atoms with E-state index in [2.05, 4.69) is 15.9 Å². The number of halogens is 1. The van der Waals surface area contributed by atoms with Gasteiger partial charge in [-0.05, 0) is 34.1 Å². The van der Waals surface area contributed by atoms with Crippen molar-refractivity contribution in [1.29, 1.82) is 5.26 Å². The number of benzene rings is 1. The van der Waals surface area contributed by atoms with Crippen LogP contribution in [-0.2, 0) is 9.59 Å². The number of hydrogen-bond donors (Lipinski definition) is 2. The zero-order chi connectivity index (χ0) is 13.7. The molecule has 0 aliphatic heterocycles. The van der Waals surface area contributed by atoms with Gasteiger partial charge in [0.2, 0.25) is 11.8 Å². The van der Waals surface area contributed by atoms with Gasteiger partial charge in [0.25, 0.3) is 0 Å². The standard InChI is InChI=1S/C11H11BrN4O2/c12-8-3-7(4-13)1-2-9(8)16(5-10(14)17)6-11(15)18/h1-3H,5-6H2,(H2,14,17)(H2,15,18). The molecule has 0 saturated heterocycles. The lowest BCUT2D eigenvalue weighted by molar-refractivity contribution is -0.117. The fraction of sp³-hybridized carbons (Fsp3) is 0.182. The van der Waals surface area contributed by atoms with Gasteiger partial charge in [-0.2, -0.15) is 5.26 Å². The average molecular weight is 311 g/mol. The molecule has 1 aromatic rings. The normalized spacial score (nSPS) is 9.56. The molecule has 94 valence electrons. The van der Waals surface area contributed by atoms with Crippen molar-refractivity contribution in [2.24, 2.45) is 11.5 Å². The maximum atomic E-state index is 11.0. The lowest BCUT2D eigenvalue weighted by Crippen LogP contribution is -2.39. The van der Waals surface area contributed by atoms with Gasteiger partial charge in [-0.1, -0.05) is 0 Å². The number of nitriles is 1. The highest BCUT2D eigenvalue weighted by molar-refractivity contribution is 9.10. The second-order valence-electron chi connectivity index (χ2n) is 3.57. The largest absolute Gasteiger partial charge is 0.368 e. The molecular formula is C11H11BrN4O2. The molecule has 0 radical (unpaired) electrons. The van der Waals surface area contributed by atoms with Crippen LogP contribution in [0.1, 0.15) is 5.56 Å². The van der Waals surface area contributed by atoms with Gasteiger partial charge in [-0.3, -0.25) is 9.59 Å². The lowest BCUT2D eigenvalue weighted by Gasteiger charge is -2.22. The van der Waals surface area contributed by atoms with E-state index in [1.165, 1.54) is 4.90 Å². The number of anilines is 1. The van der Waals surface area contributed by atoms with E-state index in [-0.39, 0.29) is 13.1 Å². The molecule has 2 amide bonds. The molecule has 0 bridgehead atoms. The number of carbonyl (C=O) groups is 2. The van der Waals surface area contributed by atoms with Crippen LogP contribution in [-0.4, -0.2) is 24.9 Å². The minimum Gasteiger partial charge on any atom is -0.368 e. The van der Waals surface area contributed by atoms with E-state index >= 15 is 0 Å². The molecule has 1 rings (SSSR count). The number of rotatable bonds is 5. The number of carbonyl (C=O) groups excluding carboxylic acids is 2. The van der Waals surface area contributed by atoms with Crippen molar-refractivity contribution in [2.75, 3.05) is 18.0 Å². The minimum atomic E-state index is -0.576. The topological polar surface area (TPSA) is 113 Å². The number of nitrogens with zero attached hydrogens (tertiary/aromatic N) is 2. The third kappa shape index (κ3) is 3.75. The lowest BCUT2D eigenvalue weighted by atomic mass is 10.2. The Kier molecular flexibility index (Phi) is 4.68. The summed E-state index contributed by atoms with van der Waals surface area (Å²) in [6.45, 7) is -0.263. The Hall–Kier alpha value is -2.07. The van der Waals surface area contributed by atoms with Crippen LogP contribution in [0.15, 0.2) is 22.7 Å². The minimum absolute atomic E-state index is 0.132. The summed E-state index contributed by atoms with van der Waals surface area (Å²) in [5, 5.41) is 8.75. The molecule has 0 saturated carbocycles. The highest BCUT2D eigenvalue weighted by atomic mass is 79.9. The number of nitrogens with two attached hydrogens (primary N) is 2. The first kappa shape index (κ1) is 14.0. The molecule has 0 aromatic heterocycles. The number of hydrogen-bond acceptors (Lipinski definition) is 4. The predicted octanol–water partition coefficient (Wildman–Crippen LogP) is 0.0978. The Morgan fingerprint density at radius 2 is 1.83 bits per heavy atom. The van der Waals surface area contributed by atoms with E-state index in [1.807, 2.05) is 6.07 Å². The summed E-state index contributed by atoms with van der Waals surface area (Å²) in [5.41, 5.74) is 11.3. The van der Waals surface area contributed by atoms with Gasteiger partial charge in [0.05, 0.1) is 30.4 Å². The van der Waals surface area contributed by atoms with Crippen LogP contribution >= 0.6 is 15.9 Å². The molecule has 0 aliphatic carbocycles. The highest BCUT2D eigenvalue weighted by Crippen LogP contribution is 2.26. The van der Waals surface area contributed by atoms with E-state index in [1.54, 1.807) is 18.2 Å². The van der Waals surface area contributed by atoms with Crippen molar-refractivity contribution in [3.63, 3.8) is 0 Å². The van der Waals surface area contributed by atoms with Crippen LogP contribution in [0.4, 0.5) is 5.69 Å². The molecule has 1 aromatic carbocycles. The van der Waals surface area contributed by atoms with Crippen LogP contribution in [0.3, 0.4) is 0 Å². The molecule has 0 spiro atoms. The van der Waals surface area contributed by atoms with Crippen LogP contribution in [0.2, 0.25) is 0 Å². The van der Waals surface area contributed by atoms with Crippen LogP contribution in [0.25, 0.3) is 0 Å². The van der Waals surface area contributed by atoms with Crippen molar-refractivity contribution >= 4 is 33.4 Å². The molecule has 4 N–H and O–H groups in total. The molecule has 0 unspecified atom stereocenters. The van der Waals surface area contributed by atoms with Gasteiger partial charge < -0.3 is 16.4 Å². The van der Waals surface area contributed by atoms with E-state index in [0.29, 0.717) is 15.7 Å². The van der Waals surface area contributed by atoms with Gasteiger partial charge in [-0.25, -0.2) is 0 Å². The van der Waals surface area contributed by atoms with E-state index in [0.717, 1.165) is 0 Å². The smallest absolute Gasteiger partial charge is 0.236 e. The molecule has 0 atom stereocenters. The van der Waals surface area contributed by atoms with Gasteiger partial charge in [0, 0.05) is 4.47 Å². The van der Waals surface area contributed by atoms with E-state index < -0.39 is 11.8 Å². The van der Waals surface area contributed by atoms with Crippen molar-refractivity contribution in [1.82, 2.24) is 0 Å². The first-order chi connectivity index (χ1) is 8.43. The molecular weight excluding hydrogens is 300 g/mol. The Bertz CT molecular complexity index is 508. The second kappa shape index (κ2) is 6.02. The van der Waals surface area contributed by atoms with Crippen LogP contribution < -0.4 is 16.4 Å². The summed E-state index contributed by atoms with van der Waals surface area (Å²) in [4.78, 5) is 23.4. The van der Waals surface area contributed by atoms with E-state index in [9.17, 15) is 9.59 Å². The number of primary amides is 2. The molecule has 0 fully saturated rings. The summed E-state index contributed by atoms with van der Waals surface area (Å²) >= 11 is 3.27. The zero-order valence-corrected chi connectivity index (χ0v) is 11.0. The Morgan fingerprint density at radius 1 is 1.28 bits per heavy atom. The molecule has 7 heteroatoms. The maximum Gasteiger partial charge on any atom is 0.236 e. The van der Waals surface area contributed by atoms with Gasteiger partial charge in [-0.15, -0.1) is 0 Å². The molecule has 0 heterocycles. The van der Waals surface area contributed by atoms with Gasteiger partial charge in [0.1, 0.15) is 0 Å². The summed E-state index contributed by atoms with van der Waals surface area (Å²) in [5.74, 6) is -1.15. The van der Waals surface area contributed by atoms with Gasteiger partial charge in [0.15, 0.2) is 0 Å². The first-order valence-corrected chi connectivity index (χ1v) is 5.74. The summed E-state index contributed by atoms with van der Waals surface area (Å²) in [6, 6.07) is 6.77. The third-order valence-corrected chi connectivity index (χ3v) is 2.75. The monoisotopic (exact) mass is 310 g/mol. The van der Waals surface area contributed by atoms with Crippen molar-refractivity contribution in [3.8, 4) is 6.07 Å². The van der Waals surface area contributed by atoms with Crippen molar-refractivity contribution in [3.05, 3.63) is 28.2 Å². The maximum absolute atomic E-state index is 11.0. The molecule has 0 aliphatic rings. The fourth-order valence-electron chi connectivity index (χ4n) is 1.44. The molecule has 6 nitrogen and oxygen atoms in total. The summed E-state index contributed by atoms with van der Waals surface area (Å²) in [7, 11) is 0. The van der Waals surface area contributed by atoms with Crippen molar-refractivity contribution < 1.29 is 9.59 Å². The first-order valence-electron chi connectivity index (χ1n) is 4.95. The van der Waals surface area contributed by atoms with E-state index in [4.69, 9.17) is 16.7 Å². The predicted molar refractivity (Wildman–Crippen MR) is 69.5 cm³/mol. The highest BCUT2D eigenvalue weighted by Gasteiger charge is 2.15. The molecule has 18 heavy (non-hydrogen) atoms. The van der Waals surface area contributed by atoms with Crippen LogP contribution in [0, 0.1) is 11.3 Å². The summed E-state index contributed by atoms with van der Waals surface area (Å²) in [6.07, 6.45) is 0. The fourth-order valence-corrected chi connectivity index (χ4v) is 2.06. The zero-order valence-electron chi connectivity index (χ0n) is 9.39. The SMILES string of the molecule is N#Cc1ccc(N(CC(N)=O)CC(N)=O)c(Br)c1. The Morgan fingerprint density at radius 3 is 2.22 bits per heavy atom. The average Bonchev–Trinajstić information content (AvgIpc) is 2.26. The van der Waals surface area contributed by atoms with Gasteiger partial charge >= 0.3 is 0 Å².